The maximum atomic E-state index is 13.1. The molecule has 0 radical (unpaired) electrons. The number of ether oxygens (including phenoxy) is 1. The molecular formula is C17H24ClFN2O2. The summed E-state index contributed by atoms with van der Waals surface area (Å²) in [4.78, 5) is 12.5. The maximum absolute atomic E-state index is 13.1. The molecule has 4 nitrogen and oxygen atoms in total. The molecule has 23 heavy (non-hydrogen) atoms. The SMILES string of the molecule is COCC(NC(=O)C1CC12CCNCC2)c1ccc(F)cc1.Cl. The lowest BCUT2D eigenvalue weighted by Gasteiger charge is -2.24. The van der Waals surface area contributed by atoms with Gasteiger partial charge in [0.1, 0.15) is 5.82 Å². The molecule has 1 saturated heterocycles. The van der Waals surface area contributed by atoms with Crippen molar-refractivity contribution in [2.24, 2.45) is 11.3 Å². The molecule has 3 rings (SSSR count). The van der Waals surface area contributed by atoms with Gasteiger partial charge in [-0.1, -0.05) is 12.1 Å². The fourth-order valence-electron chi connectivity index (χ4n) is 3.55. The van der Waals surface area contributed by atoms with Crippen LogP contribution in [0.1, 0.15) is 30.9 Å². The molecule has 1 aromatic carbocycles. The first kappa shape index (κ1) is 18.2. The van der Waals surface area contributed by atoms with E-state index in [-0.39, 0.29) is 41.5 Å². The van der Waals surface area contributed by atoms with Crippen LogP contribution < -0.4 is 10.6 Å². The number of benzene rings is 1. The summed E-state index contributed by atoms with van der Waals surface area (Å²) in [5.41, 5.74) is 1.09. The molecule has 1 spiro atoms. The summed E-state index contributed by atoms with van der Waals surface area (Å²) in [5.74, 6) is -0.0511. The average Bonchev–Trinajstić information content (AvgIpc) is 3.21. The highest BCUT2D eigenvalue weighted by Crippen LogP contribution is 2.58. The molecule has 0 aromatic heterocycles. The van der Waals surface area contributed by atoms with Gasteiger partial charge in [0.2, 0.25) is 5.91 Å². The minimum atomic E-state index is -0.276. The Balaban J connectivity index is 0.00000192. The van der Waals surface area contributed by atoms with Gasteiger partial charge in [0.05, 0.1) is 12.6 Å². The Bertz CT molecular complexity index is 532. The monoisotopic (exact) mass is 342 g/mol. The Morgan fingerprint density at radius 3 is 2.65 bits per heavy atom. The molecule has 2 N–H and O–H groups in total. The zero-order valence-corrected chi connectivity index (χ0v) is 14.1. The number of carbonyl (C=O) groups is 1. The zero-order valence-electron chi connectivity index (χ0n) is 13.3. The lowest BCUT2D eigenvalue weighted by atomic mass is 9.91. The fraction of sp³-hybridized carbons (Fsp3) is 0.588. The van der Waals surface area contributed by atoms with E-state index in [9.17, 15) is 9.18 Å². The standard InChI is InChI=1S/C17H23FN2O2.ClH/c1-22-11-15(12-2-4-13(18)5-3-12)20-16(21)14-10-17(14)6-8-19-9-7-17;/h2-5,14-15,19H,6-11H2,1H3,(H,20,21);1H. The van der Waals surface area contributed by atoms with Crippen molar-refractivity contribution in [2.75, 3.05) is 26.8 Å². The van der Waals surface area contributed by atoms with Crippen molar-refractivity contribution in [3.8, 4) is 0 Å². The number of methoxy groups -OCH3 is 1. The summed E-state index contributed by atoms with van der Waals surface area (Å²) in [7, 11) is 1.61. The normalized spacial score (nSPS) is 23.0. The molecule has 2 aliphatic rings. The number of hydrogen-bond donors (Lipinski definition) is 2. The number of rotatable bonds is 5. The molecule has 2 atom stereocenters. The predicted molar refractivity (Wildman–Crippen MR) is 89.1 cm³/mol. The van der Waals surface area contributed by atoms with Gasteiger partial charge < -0.3 is 15.4 Å². The predicted octanol–water partition coefficient (Wildman–Crippen LogP) is 2.44. The first-order valence-corrected chi connectivity index (χ1v) is 7.90. The van der Waals surface area contributed by atoms with Gasteiger partial charge >= 0.3 is 0 Å². The summed E-state index contributed by atoms with van der Waals surface area (Å²) in [6, 6.07) is 6.00. The smallest absolute Gasteiger partial charge is 0.224 e. The third-order valence-electron chi connectivity index (χ3n) is 5.03. The van der Waals surface area contributed by atoms with Crippen molar-refractivity contribution in [3.63, 3.8) is 0 Å². The van der Waals surface area contributed by atoms with Crippen LogP contribution in [0, 0.1) is 17.2 Å². The summed E-state index contributed by atoms with van der Waals surface area (Å²) >= 11 is 0. The molecule has 6 heteroatoms. The Labute approximate surface area is 142 Å². The second-order valence-corrected chi connectivity index (χ2v) is 6.44. The van der Waals surface area contributed by atoms with E-state index in [1.807, 2.05) is 0 Å². The van der Waals surface area contributed by atoms with E-state index in [4.69, 9.17) is 4.74 Å². The third-order valence-corrected chi connectivity index (χ3v) is 5.03. The molecule has 0 bridgehead atoms. The molecule has 1 heterocycles. The molecule has 2 fully saturated rings. The van der Waals surface area contributed by atoms with Crippen molar-refractivity contribution >= 4 is 18.3 Å². The van der Waals surface area contributed by atoms with Gasteiger partial charge in [-0.2, -0.15) is 0 Å². The largest absolute Gasteiger partial charge is 0.382 e. The van der Waals surface area contributed by atoms with Gasteiger partial charge in [-0.25, -0.2) is 4.39 Å². The molecule has 1 aliphatic heterocycles. The van der Waals surface area contributed by atoms with E-state index >= 15 is 0 Å². The highest BCUT2D eigenvalue weighted by molar-refractivity contribution is 5.85. The summed E-state index contributed by atoms with van der Waals surface area (Å²) < 4.78 is 18.3. The first-order valence-electron chi connectivity index (χ1n) is 7.90. The van der Waals surface area contributed by atoms with Crippen LogP contribution in [0.15, 0.2) is 24.3 Å². The van der Waals surface area contributed by atoms with E-state index in [0.29, 0.717) is 6.61 Å². The number of hydrogen-bond acceptors (Lipinski definition) is 3. The van der Waals surface area contributed by atoms with Gasteiger partial charge in [-0.05, 0) is 55.5 Å². The first-order chi connectivity index (χ1) is 10.6. The lowest BCUT2D eigenvalue weighted by Crippen LogP contribution is -2.36. The molecule has 2 unspecified atom stereocenters. The van der Waals surface area contributed by atoms with Gasteiger partial charge in [0.25, 0.3) is 0 Å². The van der Waals surface area contributed by atoms with Crippen LogP contribution in [-0.2, 0) is 9.53 Å². The van der Waals surface area contributed by atoms with E-state index in [2.05, 4.69) is 10.6 Å². The van der Waals surface area contributed by atoms with E-state index < -0.39 is 0 Å². The van der Waals surface area contributed by atoms with Crippen LogP contribution in [0.2, 0.25) is 0 Å². The van der Waals surface area contributed by atoms with Crippen molar-refractivity contribution in [2.45, 2.75) is 25.3 Å². The zero-order chi connectivity index (χ0) is 15.6. The molecular weight excluding hydrogens is 319 g/mol. The Morgan fingerprint density at radius 2 is 2.04 bits per heavy atom. The average molecular weight is 343 g/mol. The second-order valence-electron chi connectivity index (χ2n) is 6.44. The highest BCUT2D eigenvalue weighted by atomic mass is 35.5. The minimum Gasteiger partial charge on any atom is -0.382 e. The topological polar surface area (TPSA) is 50.4 Å². The fourth-order valence-corrected chi connectivity index (χ4v) is 3.55. The Hall–Kier alpha value is -1.17. The van der Waals surface area contributed by atoms with E-state index in [0.717, 1.165) is 37.9 Å². The van der Waals surface area contributed by atoms with Crippen LogP contribution >= 0.6 is 12.4 Å². The number of nitrogens with one attached hydrogen (secondary N) is 2. The second kappa shape index (κ2) is 7.60. The van der Waals surface area contributed by atoms with Crippen LogP contribution in [0.3, 0.4) is 0 Å². The van der Waals surface area contributed by atoms with Crippen molar-refractivity contribution in [1.82, 2.24) is 10.6 Å². The maximum Gasteiger partial charge on any atom is 0.224 e. The summed E-state index contributed by atoms with van der Waals surface area (Å²) in [5, 5.41) is 6.43. The minimum absolute atomic E-state index is 0. The summed E-state index contributed by atoms with van der Waals surface area (Å²) in [6.07, 6.45) is 3.15. The summed E-state index contributed by atoms with van der Waals surface area (Å²) in [6.45, 7) is 2.39. The van der Waals surface area contributed by atoms with Gasteiger partial charge in [-0.3, -0.25) is 4.79 Å². The van der Waals surface area contributed by atoms with Gasteiger partial charge in [0.15, 0.2) is 0 Å². The van der Waals surface area contributed by atoms with Crippen molar-refractivity contribution < 1.29 is 13.9 Å². The highest BCUT2D eigenvalue weighted by Gasteiger charge is 2.57. The van der Waals surface area contributed by atoms with Crippen LogP contribution in [0.25, 0.3) is 0 Å². The van der Waals surface area contributed by atoms with Gasteiger partial charge in [-0.15, -0.1) is 12.4 Å². The van der Waals surface area contributed by atoms with Gasteiger partial charge in [0, 0.05) is 13.0 Å². The third kappa shape index (κ3) is 4.03. The number of carbonyl (C=O) groups excluding carboxylic acids is 1. The quantitative estimate of drug-likeness (QED) is 0.864. The van der Waals surface area contributed by atoms with E-state index in [1.54, 1.807) is 19.2 Å². The van der Waals surface area contributed by atoms with Crippen molar-refractivity contribution in [1.29, 1.82) is 0 Å². The van der Waals surface area contributed by atoms with Crippen LogP contribution in [0.5, 0.6) is 0 Å². The molecule has 1 aliphatic carbocycles. The lowest BCUT2D eigenvalue weighted by molar-refractivity contribution is -0.124. The van der Waals surface area contributed by atoms with E-state index in [1.165, 1.54) is 12.1 Å². The van der Waals surface area contributed by atoms with Crippen LogP contribution in [-0.4, -0.2) is 32.7 Å². The van der Waals surface area contributed by atoms with Crippen molar-refractivity contribution in [3.05, 3.63) is 35.6 Å². The Kier molecular flexibility index (Phi) is 6.00. The number of piperidine rings is 1. The molecule has 1 amide bonds. The van der Waals surface area contributed by atoms with Crippen LogP contribution in [0.4, 0.5) is 4.39 Å². The number of halogens is 2. The number of amides is 1. The molecule has 1 saturated carbocycles. The molecule has 128 valence electrons. The Morgan fingerprint density at radius 1 is 1.39 bits per heavy atom. The molecule has 1 aromatic rings.